The van der Waals surface area contributed by atoms with Gasteiger partial charge in [0, 0.05) is 18.8 Å². The molecule has 0 saturated carbocycles. The first-order valence-corrected chi connectivity index (χ1v) is 9.18. The minimum Gasteiger partial charge on any atom is -0.481 e. The molecule has 2 N–H and O–H groups in total. The van der Waals surface area contributed by atoms with Crippen molar-refractivity contribution in [2.45, 2.75) is 13.8 Å². The van der Waals surface area contributed by atoms with Gasteiger partial charge in [-0.15, -0.1) is 0 Å². The zero-order chi connectivity index (χ0) is 20.9. The largest absolute Gasteiger partial charge is 0.481 e. The van der Waals surface area contributed by atoms with Crippen molar-refractivity contribution >= 4 is 28.3 Å². The molecule has 0 spiro atoms. The minimum absolute atomic E-state index is 0.0700. The Bertz CT molecular complexity index is 988. The summed E-state index contributed by atoms with van der Waals surface area (Å²) in [7, 11) is -1.94. The molecule has 0 atom stereocenters. The van der Waals surface area contributed by atoms with Gasteiger partial charge in [-0.1, -0.05) is 0 Å². The Labute approximate surface area is 160 Å². The summed E-state index contributed by atoms with van der Waals surface area (Å²) in [6.07, 6.45) is 1.08. The number of carbonyl (C=O) groups is 2. The van der Waals surface area contributed by atoms with E-state index in [9.17, 15) is 18.0 Å². The molecule has 0 aliphatic rings. The standard InChI is InChI=1S/C14H18N6O7S/c1-5-26-12(21)9-7-15-20(3)11(9)27-28(23,24)19-14(22)18-13-16-8(2)6-10(17-13)25-4/h6-7H,5H2,1-4H3,(H2,16,17,18,19,22). The van der Waals surface area contributed by atoms with Gasteiger partial charge in [0.2, 0.25) is 17.7 Å². The van der Waals surface area contributed by atoms with E-state index in [-0.39, 0.29) is 24.0 Å². The van der Waals surface area contributed by atoms with E-state index in [2.05, 4.69) is 20.4 Å². The molecule has 0 aliphatic carbocycles. The Balaban J connectivity index is 2.12. The Morgan fingerprint density at radius 2 is 2.00 bits per heavy atom. The molecule has 0 aliphatic heterocycles. The lowest BCUT2D eigenvalue weighted by Gasteiger charge is -2.10. The Hall–Kier alpha value is -3.42. The number of rotatable bonds is 7. The molecule has 0 aromatic carbocycles. The van der Waals surface area contributed by atoms with Crippen LogP contribution in [0.1, 0.15) is 23.0 Å². The number of anilines is 1. The van der Waals surface area contributed by atoms with Crippen molar-refractivity contribution in [3.8, 4) is 11.8 Å². The maximum Gasteiger partial charge on any atom is 0.412 e. The lowest BCUT2D eigenvalue weighted by Crippen LogP contribution is -2.38. The van der Waals surface area contributed by atoms with Crippen molar-refractivity contribution in [1.29, 1.82) is 0 Å². The van der Waals surface area contributed by atoms with Crippen LogP contribution in [0.4, 0.5) is 10.7 Å². The Morgan fingerprint density at radius 1 is 1.29 bits per heavy atom. The fraction of sp³-hybridized carbons (Fsp3) is 0.357. The molecule has 0 fully saturated rings. The normalized spacial score (nSPS) is 10.9. The Morgan fingerprint density at radius 3 is 2.64 bits per heavy atom. The lowest BCUT2D eigenvalue weighted by molar-refractivity contribution is 0.0524. The van der Waals surface area contributed by atoms with E-state index < -0.39 is 28.2 Å². The number of hydrogen-bond acceptors (Lipinski definition) is 10. The molecule has 152 valence electrons. The molecule has 2 aromatic rings. The maximum atomic E-state index is 12.1. The first-order chi connectivity index (χ1) is 13.1. The van der Waals surface area contributed by atoms with Crippen LogP contribution in [0, 0.1) is 6.92 Å². The average Bonchev–Trinajstić information content (AvgIpc) is 2.94. The number of urea groups is 1. The number of aryl methyl sites for hydroxylation is 2. The van der Waals surface area contributed by atoms with Crippen LogP contribution in [0.25, 0.3) is 0 Å². The van der Waals surface area contributed by atoms with E-state index in [0.29, 0.717) is 5.69 Å². The van der Waals surface area contributed by atoms with Crippen molar-refractivity contribution in [3.05, 3.63) is 23.5 Å². The van der Waals surface area contributed by atoms with Gasteiger partial charge < -0.3 is 13.7 Å². The zero-order valence-electron chi connectivity index (χ0n) is 15.4. The van der Waals surface area contributed by atoms with Crippen LogP contribution >= 0.6 is 0 Å². The third-order valence-electron chi connectivity index (χ3n) is 3.05. The van der Waals surface area contributed by atoms with Crippen LogP contribution in [-0.2, 0) is 22.1 Å². The quantitative estimate of drug-likeness (QED) is 0.596. The molecule has 0 radical (unpaired) electrons. The number of ether oxygens (including phenoxy) is 2. The number of aromatic nitrogens is 4. The van der Waals surface area contributed by atoms with Crippen LogP contribution in [-0.4, -0.2) is 53.9 Å². The summed E-state index contributed by atoms with van der Waals surface area (Å²) in [5.41, 5.74) is 0.261. The fourth-order valence-corrected chi connectivity index (χ4v) is 2.66. The van der Waals surface area contributed by atoms with Crippen molar-refractivity contribution in [2.75, 3.05) is 19.0 Å². The average molecular weight is 414 g/mol. The number of amides is 2. The third kappa shape index (κ3) is 5.29. The summed E-state index contributed by atoms with van der Waals surface area (Å²) in [4.78, 5) is 31.6. The first-order valence-electron chi connectivity index (χ1n) is 7.77. The number of nitrogens with one attached hydrogen (secondary N) is 2. The highest BCUT2D eigenvalue weighted by atomic mass is 32.2. The molecule has 14 heteroatoms. The van der Waals surface area contributed by atoms with E-state index >= 15 is 0 Å². The van der Waals surface area contributed by atoms with Gasteiger partial charge in [0.05, 0.1) is 19.9 Å². The van der Waals surface area contributed by atoms with Gasteiger partial charge in [0.25, 0.3) is 0 Å². The molecular formula is C14H18N6O7S. The molecule has 0 bridgehead atoms. The lowest BCUT2D eigenvalue weighted by atomic mass is 10.3. The van der Waals surface area contributed by atoms with E-state index in [4.69, 9.17) is 13.7 Å². The third-order valence-corrected chi connectivity index (χ3v) is 3.86. The van der Waals surface area contributed by atoms with Crippen molar-refractivity contribution in [3.63, 3.8) is 0 Å². The van der Waals surface area contributed by atoms with Crippen molar-refractivity contribution in [1.82, 2.24) is 24.5 Å². The summed E-state index contributed by atoms with van der Waals surface area (Å²) in [5, 5.41) is 5.88. The number of methoxy groups -OCH3 is 1. The van der Waals surface area contributed by atoms with Crippen molar-refractivity contribution in [2.24, 2.45) is 7.05 Å². The fourth-order valence-electron chi connectivity index (χ4n) is 1.94. The van der Waals surface area contributed by atoms with Gasteiger partial charge in [-0.25, -0.2) is 24.0 Å². The molecule has 2 aromatic heterocycles. The summed E-state index contributed by atoms with van der Waals surface area (Å²) in [5.74, 6) is -1.26. The predicted octanol–water partition coefficient (Wildman–Crippen LogP) is 0.149. The van der Waals surface area contributed by atoms with E-state index in [1.54, 1.807) is 18.6 Å². The molecule has 0 saturated heterocycles. The van der Waals surface area contributed by atoms with E-state index in [1.165, 1.54) is 20.2 Å². The van der Waals surface area contributed by atoms with Gasteiger partial charge in [-0.3, -0.25) is 5.32 Å². The second-order valence-electron chi connectivity index (χ2n) is 5.18. The van der Waals surface area contributed by atoms with Gasteiger partial charge in [-0.2, -0.15) is 18.5 Å². The second kappa shape index (κ2) is 8.51. The van der Waals surface area contributed by atoms with Crippen LogP contribution in [0.15, 0.2) is 12.3 Å². The van der Waals surface area contributed by atoms with Gasteiger partial charge in [-0.05, 0) is 13.8 Å². The van der Waals surface area contributed by atoms with Gasteiger partial charge in [0.1, 0.15) is 5.56 Å². The number of carbonyl (C=O) groups excluding carboxylic acids is 2. The highest BCUT2D eigenvalue weighted by Gasteiger charge is 2.26. The highest BCUT2D eigenvalue weighted by molar-refractivity contribution is 7.85. The summed E-state index contributed by atoms with van der Waals surface area (Å²) in [6.45, 7) is 3.28. The van der Waals surface area contributed by atoms with E-state index in [0.717, 1.165) is 10.9 Å². The summed E-state index contributed by atoms with van der Waals surface area (Å²) < 4.78 is 41.4. The SMILES string of the molecule is CCOC(=O)c1cnn(C)c1OS(=O)(=O)NC(=O)Nc1nc(C)cc(OC)n1. The van der Waals surface area contributed by atoms with Crippen LogP contribution in [0.5, 0.6) is 11.8 Å². The number of hydrogen-bond donors (Lipinski definition) is 2. The van der Waals surface area contributed by atoms with Crippen LogP contribution in [0.2, 0.25) is 0 Å². The molecule has 28 heavy (non-hydrogen) atoms. The number of esters is 1. The second-order valence-corrected chi connectivity index (χ2v) is 6.46. The topological polar surface area (TPSA) is 164 Å². The van der Waals surface area contributed by atoms with Crippen LogP contribution in [0.3, 0.4) is 0 Å². The predicted molar refractivity (Wildman–Crippen MR) is 94.2 cm³/mol. The summed E-state index contributed by atoms with van der Waals surface area (Å²) in [6, 6.07) is 0.329. The van der Waals surface area contributed by atoms with E-state index in [1.807, 2.05) is 0 Å². The summed E-state index contributed by atoms with van der Waals surface area (Å²) >= 11 is 0. The highest BCUT2D eigenvalue weighted by Crippen LogP contribution is 2.19. The molecular weight excluding hydrogens is 396 g/mol. The minimum atomic E-state index is -4.66. The molecule has 2 heterocycles. The smallest absolute Gasteiger partial charge is 0.412 e. The zero-order valence-corrected chi connectivity index (χ0v) is 16.2. The van der Waals surface area contributed by atoms with Crippen LogP contribution < -0.4 is 19.0 Å². The van der Waals surface area contributed by atoms with Gasteiger partial charge >= 0.3 is 22.3 Å². The molecule has 0 unspecified atom stereocenters. The molecule has 2 rings (SSSR count). The first kappa shape index (κ1) is 20.9. The number of nitrogens with zero attached hydrogens (tertiary/aromatic N) is 4. The molecule has 2 amide bonds. The van der Waals surface area contributed by atoms with Gasteiger partial charge in [0.15, 0.2) is 0 Å². The maximum absolute atomic E-state index is 12.1. The molecule has 13 nitrogen and oxygen atoms in total. The van der Waals surface area contributed by atoms with Crippen molar-refractivity contribution < 1.29 is 31.7 Å². The Kier molecular flexibility index (Phi) is 6.35. The monoisotopic (exact) mass is 414 g/mol.